The summed E-state index contributed by atoms with van der Waals surface area (Å²) >= 11 is 5.88. The summed E-state index contributed by atoms with van der Waals surface area (Å²) in [4.78, 5) is 11.6. The number of rotatable bonds is 3. The van der Waals surface area contributed by atoms with E-state index in [2.05, 4.69) is 15.0 Å². The topological polar surface area (TPSA) is 76.8 Å². The fourth-order valence-electron chi connectivity index (χ4n) is 1.73. The van der Waals surface area contributed by atoms with Gasteiger partial charge in [0.05, 0.1) is 5.52 Å². The second-order valence-corrected chi connectivity index (χ2v) is 4.47. The van der Waals surface area contributed by atoms with Gasteiger partial charge in [-0.25, -0.2) is 9.97 Å². The van der Waals surface area contributed by atoms with E-state index < -0.39 is 0 Å². The number of hydrogen-bond acceptors (Lipinski definition) is 4. The first-order valence-corrected chi connectivity index (χ1v) is 6.08. The second kappa shape index (κ2) is 4.78. The molecule has 0 aliphatic rings. The van der Waals surface area contributed by atoms with Crippen LogP contribution < -0.4 is 10.5 Å². The highest BCUT2D eigenvalue weighted by Crippen LogP contribution is 2.18. The average Bonchev–Trinajstić information content (AvgIpc) is 2.78. The number of ether oxygens (including phenoxy) is 1. The summed E-state index contributed by atoms with van der Waals surface area (Å²) < 4.78 is 5.60. The average molecular weight is 275 g/mol. The third-order valence-electron chi connectivity index (χ3n) is 2.59. The molecule has 0 aliphatic heterocycles. The number of anilines is 1. The molecule has 6 heteroatoms. The highest BCUT2D eigenvalue weighted by atomic mass is 35.5. The standard InChI is InChI=1S/C13H11ClN4O/c14-8-2-1-3-9(6-8)19-7-12-16-10-4-5-11(15)17-13(10)18-12/h1-6H,7H2,(H3,15,16,17,18). The zero-order chi connectivity index (χ0) is 13.2. The van der Waals surface area contributed by atoms with Gasteiger partial charge in [-0.15, -0.1) is 0 Å². The van der Waals surface area contributed by atoms with Gasteiger partial charge in [-0.05, 0) is 30.3 Å². The van der Waals surface area contributed by atoms with Crippen molar-refractivity contribution in [3.63, 3.8) is 0 Å². The van der Waals surface area contributed by atoms with Crippen molar-refractivity contribution in [2.45, 2.75) is 6.61 Å². The summed E-state index contributed by atoms with van der Waals surface area (Å²) in [7, 11) is 0. The van der Waals surface area contributed by atoms with Crippen molar-refractivity contribution >= 4 is 28.6 Å². The van der Waals surface area contributed by atoms with Crippen molar-refractivity contribution in [1.29, 1.82) is 0 Å². The molecule has 5 nitrogen and oxygen atoms in total. The SMILES string of the molecule is Nc1ccc2[nH]c(COc3cccc(Cl)c3)nc2n1. The molecular formula is C13H11ClN4O. The maximum atomic E-state index is 5.88. The van der Waals surface area contributed by atoms with Crippen LogP contribution in [0.5, 0.6) is 5.75 Å². The molecule has 0 saturated heterocycles. The highest BCUT2D eigenvalue weighted by Gasteiger charge is 2.05. The van der Waals surface area contributed by atoms with Crippen molar-refractivity contribution in [1.82, 2.24) is 15.0 Å². The smallest absolute Gasteiger partial charge is 0.179 e. The molecule has 2 heterocycles. The van der Waals surface area contributed by atoms with Crippen molar-refractivity contribution in [2.75, 3.05) is 5.73 Å². The number of hydrogen-bond donors (Lipinski definition) is 2. The monoisotopic (exact) mass is 274 g/mol. The van der Waals surface area contributed by atoms with E-state index in [4.69, 9.17) is 22.1 Å². The van der Waals surface area contributed by atoms with Gasteiger partial charge >= 0.3 is 0 Å². The van der Waals surface area contributed by atoms with E-state index in [0.29, 0.717) is 34.7 Å². The molecule has 0 aliphatic carbocycles. The largest absolute Gasteiger partial charge is 0.486 e. The van der Waals surface area contributed by atoms with Gasteiger partial charge in [-0.3, -0.25) is 0 Å². The number of pyridine rings is 1. The first-order valence-electron chi connectivity index (χ1n) is 5.70. The van der Waals surface area contributed by atoms with Crippen LogP contribution in [-0.4, -0.2) is 15.0 Å². The first-order chi connectivity index (χ1) is 9.20. The maximum absolute atomic E-state index is 5.88. The Bertz CT molecular complexity index is 725. The Kier molecular flexibility index (Phi) is 2.97. The molecule has 0 fully saturated rings. The summed E-state index contributed by atoms with van der Waals surface area (Å²) in [5.74, 6) is 1.83. The molecule has 0 atom stereocenters. The van der Waals surface area contributed by atoms with Gasteiger partial charge < -0.3 is 15.5 Å². The molecule has 2 aromatic heterocycles. The molecule has 0 amide bonds. The number of nitrogens with two attached hydrogens (primary N) is 1. The maximum Gasteiger partial charge on any atom is 0.179 e. The Hall–Kier alpha value is -2.27. The molecule has 3 aromatic rings. The Labute approximate surface area is 114 Å². The predicted molar refractivity (Wildman–Crippen MR) is 74.1 cm³/mol. The van der Waals surface area contributed by atoms with Crippen molar-refractivity contribution < 1.29 is 4.74 Å². The van der Waals surface area contributed by atoms with Crippen molar-refractivity contribution in [3.8, 4) is 5.75 Å². The van der Waals surface area contributed by atoms with E-state index in [-0.39, 0.29) is 0 Å². The lowest BCUT2D eigenvalue weighted by Crippen LogP contribution is -1.97. The van der Waals surface area contributed by atoms with Crippen LogP contribution in [0.2, 0.25) is 5.02 Å². The molecule has 0 spiro atoms. The lowest BCUT2D eigenvalue weighted by atomic mass is 10.3. The van der Waals surface area contributed by atoms with Gasteiger partial charge in [0, 0.05) is 5.02 Å². The minimum atomic E-state index is 0.316. The number of aromatic amines is 1. The molecular weight excluding hydrogens is 264 g/mol. The van der Waals surface area contributed by atoms with Gasteiger partial charge in [-0.1, -0.05) is 17.7 Å². The number of halogens is 1. The lowest BCUT2D eigenvalue weighted by molar-refractivity contribution is 0.297. The molecule has 0 saturated carbocycles. The summed E-state index contributed by atoms with van der Waals surface area (Å²) in [6.07, 6.45) is 0. The van der Waals surface area contributed by atoms with E-state index in [0.717, 1.165) is 5.52 Å². The van der Waals surface area contributed by atoms with Crippen LogP contribution in [0.15, 0.2) is 36.4 Å². The van der Waals surface area contributed by atoms with Crippen LogP contribution in [0.3, 0.4) is 0 Å². The summed E-state index contributed by atoms with van der Waals surface area (Å²) in [5, 5.41) is 0.636. The summed E-state index contributed by atoms with van der Waals surface area (Å²) in [5.41, 5.74) is 7.02. The van der Waals surface area contributed by atoms with E-state index >= 15 is 0 Å². The van der Waals surface area contributed by atoms with Crippen LogP contribution in [-0.2, 0) is 6.61 Å². The Balaban J connectivity index is 1.78. The number of nitrogen functional groups attached to an aromatic ring is 1. The van der Waals surface area contributed by atoms with Gasteiger partial charge in [0.15, 0.2) is 5.65 Å². The highest BCUT2D eigenvalue weighted by molar-refractivity contribution is 6.30. The molecule has 96 valence electrons. The number of benzene rings is 1. The van der Waals surface area contributed by atoms with Crippen LogP contribution in [0, 0.1) is 0 Å². The van der Waals surface area contributed by atoms with Crippen LogP contribution in [0.1, 0.15) is 5.82 Å². The number of aromatic nitrogens is 3. The fraction of sp³-hybridized carbons (Fsp3) is 0.0769. The first kappa shape index (κ1) is 11.8. The molecule has 3 N–H and O–H groups in total. The van der Waals surface area contributed by atoms with Gasteiger partial charge in [0.2, 0.25) is 0 Å². The number of imidazole rings is 1. The number of nitrogens with zero attached hydrogens (tertiary/aromatic N) is 2. The quantitative estimate of drug-likeness (QED) is 0.770. The van der Waals surface area contributed by atoms with Crippen LogP contribution >= 0.6 is 11.6 Å². The lowest BCUT2D eigenvalue weighted by Gasteiger charge is -2.03. The minimum absolute atomic E-state index is 0.316. The van der Waals surface area contributed by atoms with Crippen LogP contribution in [0.4, 0.5) is 5.82 Å². The molecule has 3 rings (SSSR count). The Morgan fingerprint density at radius 2 is 2.11 bits per heavy atom. The molecule has 1 aromatic carbocycles. The van der Waals surface area contributed by atoms with Gasteiger partial charge in [-0.2, -0.15) is 0 Å². The zero-order valence-electron chi connectivity index (χ0n) is 9.93. The molecule has 19 heavy (non-hydrogen) atoms. The number of H-pyrrole nitrogens is 1. The van der Waals surface area contributed by atoms with Crippen LogP contribution in [0.25, 0.3) is 11.2 Å². The minimum Gasteiger partial charge on any atom is -0.486 e. The number of nitrogens with one attached hydrogen (secondary N) is 1. The summed E-state index contributed by atoms with van der Waals surface area (Å²) in [6, 6.07) is 10.8. The zero-order valence-corrected chi connectivity index (χ0v) is 10.7. The predicted octanol–water partition coefficient (Wildman–Crippen LogP) is 2.77. The third kappa shape index (κ3) is 2.61. The second-order valence-electron chi connectivity index (χ2n) is 4.04. The van der Waals surface area contributed by atoms with Gasteiger partial charge in [0.25, 0.3) is 0 Å². The molecule has 0 bridgehead atoms. The Morgan fingerprint density at radius 1 is 1.21 bits per heavy atom. The normalized spacial score (nSPS) is 10.8. The fourth-order valence-corrected chi connectivity index (χ4v) is 1.91. The van der Waals surface area contributed by atoms with Crippen molar-refractivity contribution in [2.24, 2.45) is 0 Å². The van der Waals surface area contributed by atoms with E-state index in [9.17, 15) is 0 Å². The van der Waals surface area contributed by atoms with Crippen molar-refractivity contribution in [3.05, 3.63) is 47.2 Å². The summed E-state index contributed by atoms with van der Waals surface area (Å²) in [6.45, 7) is 0.316. The van der Waals surface area contributed by atoms with E-state index in [1.165, 1.54) is 0 Å². The third-order valence-corrected chi connectivity index (χ3v) is 2.82. The number of fused-ring (bicyclic) bond motifs is 1. The Morgan fingerprint density at radius 3 is 2.95 bits per heavy atom. The molecule has 0 radical (unpaired) electrons. The van der Waals surface area contributed by atoms with E-state index in [1.54, 1.807) is 18.2 Å². The van der Waals surface area contributed by atoms with E-state index in [1.807, 2.05) is 18.2 Å². The molecule has 0 unspecified atom stereocenters. The van der Waals surface area contributed by atoms with Gasteiger partial charge in [0.1, 0.15) is 24.0 Å².